The molecule has 2 aromatic heterocycles. The summed E-state index contributed by atoms with van der Waals surface area (Å²) in [7, 11) is 0. The summed E-state index contributed by atoms with van der Waals surface area (Å²) in [6, 6.07) is 54.6. The average Bonchev–Trinajstić information content (AvgIpc) is 3.58. The van der Waals surface area contributed by atoms with Crippen molar-refractivity contribution in [2.24, 2.45) is 0 Å². The fraction of sp³-hybridized carbons (Fsp3) is 0.0667. The second-order valence-electron chi connectivity index (χ2n) is 13.5. The Morgan fingerprint density at radius 1 is 0.458 bits per heavy atom. The molecule has 0 saturated carbocycles. The minimum atomic E-state index is -0.0197. The number of hydrogen-bond acceptors (Lipinski definition) is 2. The van der Waals surface area contributed by atoms with Gasteiger partial charge in [-0.1, -0.05) is 129 Å². The normalized spacial score (nSPS) is 13.4. The SMILES string of the molecule is CC1(C)c2ccccc2-c2cc(-c3ccc4c(-c5ccccc5)nc(-n5c6ccccc6c6cc7ccccc7cc65)nc4c3)ccc21. The van der Waals surface area contributed by atoms with Gasteiger partial charge in [-0.25, -0.2) is 9.97 Å². The molecule has 0 radical (unpaired) electrons. The third-order valence-corrected chi connectivity index (χ3v) is 10.4. The average molecular weight is 614 g/mol. The molecule has 1 aliphatic rings. The van der Waals surface area contributed by atoms with Crippen LogP contribution >= 0.6 is 0 Å². The summed E-state index contributed by atoms with van der Waals surface area (Å²) in [4.78, 5) is 10.7. The summed E-state index contributed by atoms with van der Waals surface area (Å²) in [5.41, 5.74) is 12.8. The van der Waals surface area contributed by atoms with E-state index in [1.807, 2.05) is 0 Å². The molecule has 0 fully saturated rings. The Morgan fingerprint density at radius 2 is 1.15 bits per heavy atom. The molecular weight excluding hydrogens is 583 g/mol. The van der Waals surface area contributed by atoms with Crippen molar-refractivity contribution >= 4 is 43.5 Å². The van der Waals surface area contributed by atoms with Gasteiger partial charge in [0.1, 0.15) is 0 Å². The molecule has 0 spiro atoms. The first-order chi connectivity index (χ1) is 23.5. The van der Waals surface area contributed by atoms with Gasteiger partial charge in [0.2, 0.25) is 5.95 Å². The Labute approximate surface area is 278 Å². The number of rotatable bonds is 3. The van der Waals surface area contributed by atoms with Crippen LogP contribution in [0.5, 0.6) is 0 Å². The van der Waals surface area contributed by atoms with Gasteiger partial charge in [-0.15, -0.1) is 0 Å². The van der Waals surface area contributed by atoms with Gasteiger partial charge >= 0.3 is 0 Å². The summed E-state index contributed by atoms with van der Waals surface area (Å²) >= 11 is 0. The zero-order valence-electron chi connectivity index (χ0n) is 26.8. The van der Waals surface area contributed by atoms with Crippen LogP contribution in [0.1, 0.15) is 25.0 Å². The molecule has 0 N–H and O–H groups in total. The lowest BCUT2D eigenvalue weighted by atomic mass is 9.82. The van der Waals surface area contributed by atoms with Crippen LogP contribution in [0.3, 0.4) is 0 Å². The third kappa shape index (κ3) is 3.88. The maximum Gasteiger partial charge on any atom is 0.235 e. The molecule has 0 unspecified atom stereocenters. The zero-order chi connectivity index (χ0) is 32.0. The Morgan fingerprint density at radius 3 is 2.02 bits per heavy atom. The maximum absolute atomic E-state index is 5.35. The largest absolute Gasteiger partial charge is 0.278 e. The van der Waals surface area contributed by atoms with E-state index < -0.39 is 0 Å². The predicted molar refractivity (Wildman–Crippen MR) is 200 cm³/mol. The predicted octanol–water partition coefficient (Wildman–Crippen LogP) is 11.5. The van der Waals surface area contributed by atoms with Gasteiger partial charge in [0.05, 0.1) is 22.2 Å². The molecule has 226 valence electrons. The van der Waals surface area contributed by atoms with Crippen LogP contribution in [0.4, 0.5) is 0 Å². The second-order valence-corrected chi connectivity index (χ2v) is 13.5. The highest BCUT2D eigenvalue weighted by atomic mass is 15.2. The van der Waals surface area contributed by atoms with Crippen molar-refractivity contribution in [2.75, 3.05) is 0 Å². The van der Waals surface area contributed by atoms with Crippen molar-refractivity contribution in [3.63, 3.8) is 0 Å². The molecule has 2 heterocycles. The van der Waals surface area contributed by atoms with E-state index in [0.717, 1.165) is 38.8 Å². The Balaban J connectivity index is 1.23. The van der Waals surface area contributed by atoms with Crippen molar-refractivity contribution in [1.82, 2.24) is 14.5 Å². The third-order valence-electron chi connectivity index (χ3n) is 10.4. The smallest absolute Gasteiger partial charge is 0.235 e. The highest BCUT2D eigenvalue weighted by Crippen LogP contribution is 2.49. The Hall–Kier alpha value is -6.06. The van der Waals surface area contributed by atoms with Gasteiger partial charge in [0, 0.05) is 27.1 Å². The molecule has 7 aromatic carbocycles. The fourth-order valence-electron chi connectivity index (χ4n) is 7.98. The summed E-state index contributed by atoms with van der Waals surface area (Å²) < 4.78 is 2.24. The number of hydrogen-bond donors (Lipinski definition) is 0. The van der Waals surface area contributed by atoms with Gasteiger partial charge in [-0.05, 0) is 80.6 Å². The summed E-state index contributed by atoms with van der Waals surface area (Å²) in [5.74, 6) is 0.671. The van der Waals surface area contributed by atoms with Crippen molar-refractivity contribution in [3.8, 4) is 39.5 Å². The molecule has 3 heteroatoms. The zero-order valence-corrected chi connectivity index (χ0v) is 26.8. The molecule has 0 amide bonds. The number of fused-ring (bicyclic) bond motifs is 8. The van der Waals surface area contributed by atoms with E-state index in [9.17, 15) is 0 Å². The Kier molecular flexibility index (Phi) is 5.63. The maximum atomic E-state index is 5.35. The number of nitrogens with zero attached hydrogens (tertiary/aromatic N) is 3. The first-order valence-electron chi connectivity index (χ1n) is 16.6. The molecular formula is C45H31N3. The van der Waals surface area contributed by atoms with Crippen LogP contribution in [0.2, 0.25) is 0 Å². The first-order valence-corrected chi connectivity index (χ1v) is 16.6. The number of para-hydroxylation sites is 1. The molecule has 0 atom stereocenters. The van der Waals surface area contributed by atoms with Crippen molar-refractivity contribution in [1.29, 1.82) is 0 Å². The van der Waals surface area contributed by atoms with E-state index in [2.05, 4.69) is 170 Å². The molecule has 3 nitrogen and oxygen atoms in total. The van der Waals surface area contributed by atoms with Gasteiger partial charge < -0.3 is 0 Å². The van der Waals surface area contributed by atoms with Crippen molar-refractivity contribution < 1.29 is 0 Å². The van der Waals surface area contributed by atoms with Gasteiger partial charge in [-0.3, -0.25) is 4.57 Å². The summed E-state index contributed by atoms with van der Waals surface area (Å²) in [6.07, 6.45) is 0. The summed E-state index contributed by atoms with van der Waals surface area (Å²) in [5, 5.41) is 5.85. The monoisotopic (exact) mass is 613 g/mol. The van der Waals surface area contributed by atoms with Crippen molar-refractivity contribution in [3.05, 3.63) is 163 Å². The van der Waals surface area contributed by atoms with Gasteiger partial charge in [-0.2, -0.15) is 0 Å². The molecule has 10 rings (SSSR count). The van der Waals surface area contributed by atoms with E-state index >= 15 is 0 Å². The second kappa shape index (κ2) is 9.97. The molecule has 0 aliphatic heterocycles. The van der Waals surface area contributed by atoms with Crippen LogP contribution < -0.4 is 0 Å². The van der Waals surface area contributed by atoms with Gasteiger partial charge in [0.15, 0.2) is 0 Å². The van der Waals surface area contributed by atoms with Crippen LogP contribution in [0.25, 0.3) is 82.9 Å². The molecule has 1 aliphatic carbocycles. The highest BCUT2D eigenvalue weighted by Gasteiger charge is 2.35. The van der Waals surface area contributed by atoms with E-state index in [0.29, 0.717) is 5.95 Å². The minimum Gasteiger partial charge on any atom is -0.278 e. The van der Waals surface area contributed by atoms with E-state index in [-0.39, 0.29) is 5.41 Å². The molecule has 0 bridgehead atoms. The lowest BCUT2D eigenvalue weighted by Crippen LogP contribution is -2.14. The van der Waals surface area contributed by atoms with Gasteiger partial charge in [0.25, 0.3) is 0 Å². The number of aromatic nitrogens is 3. The van der Waals surface area contributed by atoms with Crippen LogP contribution in [0, 0.1) is 0 Å². The summed E-state index contributed by atoms with van der Waals surface area (Å²) in [6.45, 7) is 4.66. The molecule has 48 heavy (non-hydrogen) atoms. The standard InChI is InChI=1S/C45H31N3/c1-45(2)38-18-10-8-16-33(38)36-24-31(21-23-39(36)45)32-20-22-35-40(26-32)46-44(47-43(35)28-12-4-3-5-13-28)48-41-19-11-9-17-34(41)37-25-29-14-6-7-15-30(29)27-42(37)48/h3-27H,1-2H3. The lowest BCUT2D eigenvalue weighted by Gasteiger charge is -2.21. The van der Waals surface area contributed by atoms with Crippen molar-refractivity contribution in [2.45, 2.75) is 19.3 Å². The fourth-order valence-corrected chi connectivity index (χ4v) is 7.98. The van der Waals surface area contributed by atoms with E-state index in [1.54, 1.807) is 0 Å². The lowest BCUT2D eigenvalue weighted by molar-refractivity contribution is 0.660. The van der Waals surface area contributed by atoms with Crippen LogP contribution in [-0.4, -0.2) is 14.5 Å². The van der Waals surface area contributed by atoms with Crippen LogP contribution in [-0.2, 0) is 5.41 Å². The molecule has 9 aromatic rings. The van der Waals surface area contributed by atoms with Crippen LogP contribution in [0.15, 0.2) is 152 Å². The minimum absolute atomic E-state index is 0.0197. The quantitative estimate of drug-likeness (QED) is 0.198. The van der Waals surface area contributed by atoms with E-state index in [1.165, 1.54) is 49.4 Å². The van der Waals surface area contributed by atoms with E-state index in [4.69, 9.17) is 9.97 Å². The molecule has 0 saturated heterocycles. The Bertz CT molecular complexity index is 2750. The highest BCUT2D eigenvalue weighted by molar-refractivity contribution is 6.13. The first kappa shape index (κ1) is 27.1. The number of benzene rings is 7. The topological polar surface area (TPSA) is 30.7 Å².